The van der Waals surface area contributed by atoms with Crippen LogP contribution in [-0.4, -0.2) is 33.7 Å². The Morgan fingerprint density at radius 3 is 1.71 bits per heavy atom. The summed E-state index contributed by atoms with van der Waals surface area (Å²) in [5, 5.41) is -0.200. The Kier molecular flexibility index (Phi) is 9.16. The molecule has 0 bridgehead atoms. The molecule has 0 aliphatic carbocycles. The average molecular weight is 280 g/mol. The Balaban J connectivity index is 5.08. The van der Waals surface area contributed by atoms with E-state index in [4.69, 9.17) is 13.3 Å². The molecule has 17 heavy (non-hydrogen) atoms. The van der Waals surface area contributed by atoms with Crippen molar-refractivity contribution in [1.82, 2.24) is 0 Å². The summed E-state index contributed by atoms with van der Waals surface area (Å²) in [5.74, 6) is 0. The molecule has 6 heteroatoms. The molecule has 0 aliphatic heterocycles. The summed E-state index contributed by atoms with van der Waals surface area (Å²) >= 11 is 3.95. The third kappa shape index (κ3) is 5.09. The third-order valence-electron chi connectivity index (χ3n) is 2.34. The van der Waals surface area contributed by atoms with E-state index in [1.807, 2.05) is 27.7 Å². The normalized spacial score (nSPS) is 13.7. The second kappa shape index (κ2) is 9.10. The fourth-order valence-electron chi connectivity index (χ4n) is 1.77. The van der Waals surface area contributed by atoms with Gasteiger partial charge in [0.15, 0.2) is 5.12 Å². The molecule has 0 spiro atoms. The molecule has 1 atom stereocenters. The van der Waals surface area contributed by atoms with Gasteiger partial charge < -0.3 is 13.3 Å². The molecule has 0 rings (SSSR count). The van der Waals surface area contributed by atoms with Crippen molar-refractivity contribution in [2.75, 3.05) is 19.8 Å². The highest BCUT2D eigenvalue weighted by Gasteiger charge is 2.51. The second-order valence-corrected chi connectivity index (χ2v) is 6.79. The maximum atomic E-state index is 11.7. The first-order valence-corrected chi connectivity index (χ1v) is 8.47. The van der Waals surface area contributed by atoms with Gasteiger partial charge in [-0.15, -0.1) is 12.6 Å². The van der Waals surface area contributed by atoms with Gasteiger partial charge in [-0.2, -0.15) is 0 Å². The van der Waals surface area contributed by atoms with Crippen molar-refractivity contribution in [2.45, 2.75) is 46.1 Å². The summed E-state index contributed by atoms with van der Waals surface area (Å²) in [7, 11) is -2.93. The first kappa shape index (κ1) is 17.1. The molecular formula is C11H24O4SSi. The van der Waals surface area contributed by atoms with Crippen molar-refractivity contribution in [2.24, 2.45) is 0 Å². The molecule has 0 saturated carbocycles. The lowest BCUT2D eigenvalue weighted by Crippen LogP contribution is -2.52. The highest BCUT2D eigenvalue weighted by molar-refractivity contribution is 7.97. The number of hydrogen-bond acceptors (Lipinski definition) is 4. The Morgan fingerprint density at radius 1 is 1.06 bits per heavy atom. The van der Waals surface area contributed by atoms with E-state index in [1.54, 1.807) is 0 Å². The minimum Gasteiger partial charge on any atom is -0.373 e. The molecule has 0 heterocycles. The van der Waals surface area contributed by atoms with Gasteiger partial charge in [-0.1, -0.05) is 13.3 Å². The molecule has 0 amide bonds. The Bertz CT molecular complexity index is 208. The molecule has 1 unspecified atom stereocenters. The average Bonchev–Trinajstić information content (AvgIpc) is 2.26. The predicted molar refractivity (Wildman–Crippen MR) is 73.3 cm³/mol. The molecule has 0 aromatic carbocycles. The van der Waals surface area contributed by atoms with Gasteiger partial charge in [0.2, 0.25) is 0 Å². The smallest absolute Gasteiger partial charge is 0.373 e. The molecule has 102 valence electrons. The monoisotopic (exact) mass is 280 g/mol. The SMILES string of the molecule is CCCC(C(=O)S)[Si](OCC)(OCC)OCC. The summed E-state index contributed by atoms with van der Waals surface area (Å²) in [6.45, 7) is 9.10. The molecule has 0 aromatic heterocycles. The Morgan fingerprint density at radius 2 is 1.47 bits per heavy atom. The van der Waals surface area contributed by atoms with Gasteiger partial charge in [0.1, 0.15) is 0 Å². The number of carbonyl (C=O) groups excluding carboxylic acids is 1. The van der Waals surface area contributed by atoms with Crippen molar-refractivity contribution in [3.8, 4) is 0 Å². The van der Waals surface area contributed by atoms with Crippen LogP contribution in [0.4, 0.5) is 0 Å². The minimum atomic E-state index is -2.93. The van der Waals surface area contributed by atoms with E-state index in [-0.39, 0.29) is 10.7 Å². The molecule has 4 nitrogen and oxygen atoms in total. The van der Waals surface area contributed by atoms with Gasteiger partial charge in [-0.05, 0) is 27.2 Å². The first-order chi connectivity index (χ1) is 8.07. The minimum absolute atomic E-state index is 0.200. The molecule has 0 radical (unpaired) electrons. The lowest BCUT2D eigenvalue weighted by atomic mass is 10.3. The zero-order chi connectivity index (χ0) is 13.3. The summed E-state index contributed by atoms with van der Waals surface area (Å²) in [4.78, 5) is 11.7. The summed E-state index contributed by atoms with van der Waals surface area (Å²) < 4.78 is 17.1. The van der Waals surface area contributed by atoms with E-state index in [1.165, 1.54) is 0 Å². The predicted octanol–water partition coefficient (Wildman–Crippen LogP) is 2.66. The molecule has 0 N–H and O–H groups in total. The topological polar surface area (TPSA) is 44.8 Å². The summed E-state index contributed by atoms with van der Waals surface area (Å²) in [5.41, 5.74) is -0.365. The highest BCUT2D eigenvalue weighted by Crippen LogP contribution is 2.32. The van der Waals surface area contributed by atoms with Crippen molar-refractivity contribution in [3.05, 3.63) is 0 Å². The standard InChI is InChI=1S/C11H24O4SSi/c1-5-9-10(11(12)16)17(13-6-2,14-7-3)15-8-4/h10H,5-9H2,1-4H3,(H,12,16). The van der Waals surface area contributed by atoms with Crippen LogP contribution in [0.2, 0.25) is 5.54 Å². The molecule has 0 saturated heterocycles. The van der Waals surface area contributed by atoms with E-state index in [2.05, 4.69) is 12.6 Å². The zero-order valence-electron chi connectivity index (χ0n) is 11.2. The van der Waals surface area contributed by atoms with E-state index < -0.39 is 8.80 Å². The molecule has 0 fully saturated rings. The van der Waals surface area contributed by atoms with Crippen LogP contribution in [0.15, 0.2) is 0 Å². The Hall–Kier alpha value is 0.117. The van der Waals surface area contributed by atoms with Crippen LogP contribution in [0.5, 0.6) is 0 Å². The quantitative estimate of drug-likeness (QED) is 0.493. The van der Waals surface area contributed by atoms with Crippen molar-refractivity contribution < 1.29 is 18.1 Å². The lowest BCUT2D eigenvalue weighted by molar-refractivity contribution is -0.112. The van der Waals surface area contributed by atoms with Gasteiger partial charge >= 0.3 is 8.80 Å². The van der Waals surface area contributed by atoms with Gasteiger partial charge in [0.25, 0.3) is 0 Å². The van der Waals surface area contributed by atoms with Crippen LogP contribution >= 0.6 is 12.6 Å². The van der Waals surface area contributed by atoms with Gasteiger partial charge in [0.05, 0.1) is 5.54 Å². The molecule has 0 aromatic rings. The molecule has 0 aliphatic rings. The van der Waals surface area contributed by atoms with Crippen LogP contribution < -0.4 is 0 Å². The van der Waals surface area contributed by atoms with Crippen molar-refractivity contribution in [3.63, 3.8) is 0 Å². The van der Waals surface area contributed by atoms with E-state index in [9.17, 15) is 4.79 Å². The zero-order valence-corrected chi connectivity index (χ0v) is 13.1. The molecular weight excluding hydrogens is 256 g/mol. The third-order valence-corrected chi connectivity index (χ3v) is 6.37. The van der Waals surface area contributed by atoms with E-state index >= 15 is 0 Å². The second-order valence-electron chi connectivity index (χ2n) is 3.58. The van der Waals surface area contributed by atoms with Gasteiger partial charge in [0, 0.05) is 19.8 Å². The van der Waals surface area contributed by atoms with Crippen LogP contribution in [0.3, 0.4) is 0 Å². The van der Waals surface area contributed by atoms with Gasteiger partial charge in [-0.25, -0.2) is 0 Å². The fourth-order valence-corrected chi connectivity index (χ4v) is 5.38. The van der Waals surface area contributed by atoms with Crippen LogP contribution in [-0.2, 0) is 18.1 Å². The number of carbonyl (C=O) groups is 1. The van der Waals surface area contributed by atoms with Crippen molar-refractivity contribution in [1.29, 1.82) is 0 Å². The van der Waals surface area contributed by atoms with Crippen LogP contribution in [0.1, 0.15) is 40.5 Å². The van der Waals surface area contributed by atoms with E-state index in [0.717, 1.165) is 6.42 Å². The Labute approximate surface area is 111 Å². The van der Waals surface area contributed by atoms with Crippen LogP contribution in [0.25, 0.3) is 0 Å². The van der Waals surface area contributed by atoms with Crippen LogP contribution in [0, 0.1) is 0 Å². The number of thiol groups is 1. The lowest BCUT2D eigenvalue weighted by Gasteiger charge is -2.33. The highest BCUT2D eigenvalue weighted by atomic mass is 32.1. The summed E-state index contributed by atoms with van der Waals surface area (Å²) in [6, 6.07) is 0. The number of hydrogen-bond donors (Lipinski definition) is 1. The largest absolute Gasteiger partial charge is 0.512 e. The maximum Gasteiger partial charge on any atom is 0.512 e. The number of rotatable bonds is 10. The maximum absolute atomic E-state index is 11.7. The summed E-state index contributed by atoms with van der Waals surface area (Å²) in [6.07, 6.45) is 1.56. The van der Waals surface area contributed by atoms with Crippen molar-refractivity contribution >= 4 is 26.5 Å². The fraction of sp³-hybridized carbons (Fsp3) is 0.909. The van der Waals surface area contributed by atoms with Gasteiger partial charge in [-0.3, -0.25) is 4.79 Å². The first-order valence-electron chi connectivity index (χ1n) is 6.22. The van der Waals surface area contributed by atoms with E-state index in [0.29, 0.717) is 26.2 Å².